The van der Waals surface area contributed by atoms with Gasteiger partial charge in [0.25, 0.3) is 0 Å². The molecule has 114 valence electrons. The molecule has 2 nitrogen and oxygen atoms in total. The maximum absolute atomic E-state index is 10.3. The highest BCUT2D eigenvalue weighted by Gasteiger charge is 2.14. The molecule has 1 aromatic heterocycles. The lowest BCUT2D eigenvalue weighted by Gasteiger charge is -2.19. The normalized spacial score (nSPS) is 12.8. The summed E-state index contributed by atoms with van der Waals surface area (Å²) in [4.78, 5) is 3.61. The van der Waals surface area contributed by atoms with Crippen LogP contribution in [0.5, 0.6) is 0 Å². The minimum absolute atomic E-state index is 0.452. The van der Waals surface area contributed by atoms with E-state index in [4.69, 9.17) is 23.2 Å². The Balaban J connectivity index is 1.80. The van der Waals surface area contributed by atoms with E-state index in [2.05, 4.69) is 29.5 Å². The highest BCUT2D eigenvalue weighted by atomic mass is 35.5. The van der Waals surface area contributed by atoms with Gasteiger partial charge in [-0.05, 0) is 37.4 Å². The smallest absolute Gasteiger partial charge is 0.0817 e. The number of likely N-dealkylation sites (N-methyl/N-ethyl adjacent to an activating group) is 1. The fourth-order valence-electron chi connectivity index (χ4n) is 2.14. The van der Waals surface area contributed by atoms with Gasteiger partial charge in [-0.1, -0.05) is 41.4 Å². The average Bonchev–Trinajstić information content (AvgIpc) is 2.99. The molecule has 1 atom stereocenters. The van der Waals surface area contributed by atoms with Crippen molar-refractivity contribution in [3.05, 3.63) is 56.2 Å². The van der Waals surface area contributed by atoms with E-state index in [1.165, 1.54) is 4.88 Å². The van der Waals surface area contributed by atoms with Crippen LogP contribution in [-0.4, -0.2) is 30.1 Å². The lowest BCUT2D eigenvalue weighted by atomic mass is 10.1. The Hall–Kier alpha value is -0.580. The molecule has 1 unspecified atom stereocenters. The zero-order chi connectivity index (χ0) is 15.2. The molecule has 0 fully saturated rings. The number of rotatable bonds is 7. The Kier molecular flexibility index (Phi) is 6.52. The molecule has 0 saturated heterocycles. The van der Waals surface area contributed by atoms with Crippen molar-refractivity contribution >= 4 is 34.5 Å². The monoisotopic (exact) mass is 343 g/mol. The van der Waals surface area contributed by atoms with Gasteiger partial charge in [-0.3, -0.25) is 0 Å². The van der Waals surface area contributed by atoms with Gasteiger partial charge in [0.1, 0.15) is 0 Å². The van der Waals surface area contributed by atoms with E-state index in [0.29, 0.717) is 22.0 Å². The first-order valence-corrected chi connectivity index (χ1v) is 8.54. The van der Waals surface area contributed by atoms with Crippen LogP contribution in [0.25, 0.3) is 0 Å². The summed E-state index contributed by atoms with van der Waals surface area (Å²) in [6.45, 7) is 1.80. The Labute approximate surface area is 139 Å². The Morgan fingerprint density at radius 2 is 2.00 bits per heavy atom. The van der Waals surface area contributed by atoms with Crippen LogP contribution in [-0.2, 0) is 6.42 Å². The third-order valence-corrected chi connectivity index (χ3v) is 5.21. The third-order valence-electron chi connectivity index (χ3n) is 3.44. The molecule has 0 aliphatic carbocycles. The quantitative estimate of drug-likeness (QED) is 0.790. The van der Waals surface area contributed by atoms with Crippen LogP contribution >= 0.6 is 34.5 Å². The summed E-state index contributed by atoms with van der Waals surface area (Å²) in [5.41, 5.74) is 0.704. The van der Waals surface area contributed by atoms with Crippen molar-refractivity contribution in [2.45, 2.75) is 18.9 Å². The van der Waals surface area contributed by atoms with E-state index in [0.717, 1.165) is 19.5 Å². The standard InChI is InChI=1S/C16H19Cl2NOS/c1-19(9-7-12-4-3-11-21-12)10-8-15(20)13-5-2-6-14(17)16(13)18/h2-6,11,15,20H,7-10H2,1H3. The van der Waals surface area contributed by atoms with Gasteiger partial charge in [-0.15, -0.1) is 11.3 Å². The number of aliphatic hydroxyl groups excluding tert-OH is 1. The number of hydrogen-bond acceptors (Lipinski definition) is 3. The van der Waals surface area contributed by atoms with Crippen molar-refractivity contribution in [2.75, 3.05) is 20.1 Å². The predicted molar refractivity (Wildman–Crippen MR) is 91.6 cm³/mol. The van der Waals surface area contributed by atoms with Gasteiger partial charge in [0.05, 0.1) is 16.1 Å². The van der Waals surface area contributed by atoms with Crippen molar-refractivity contribution in [3.63, 3.8) is 0 Å². The topological polar surface area (TPSA) is 23.5 Å². The maximum Gasteiger partial charge on any atom is 0.0817 e. The summed E-state index contributed by atoms with van der Waals surface area (Å²) < 4.78 is 0. The number of nitrogens with zero attached hydrogens (tertiary/aromatic N) is 1. The van der Waals surface area contributed by atoms with Gasteiger partial charge in [0, 0.05) is 23.5 Å². The van der Waals surface area contributed by atoms with E-state index < -0.39 is 6.10 Å². The second-order valence-corrected chi connectivity index (χ2v) is 6.90. The Bertz CT molecular complexity index is 559. The van der Waals surface area contributed by atoms with E-state index >= 15 is 0 Å². The number of aliphatic hydroxyl groups is 1. The first-order chi connectivity index (χ1) is 10.1. The molecule has 2 aromatic rings. The summed E-state index contributed by atoms with van der Waals surface area (Å²) in [7, 11) is 2.07. The Morgan fingerprint density at radius 1 is 1.19 bits per heavy atom. The van der Waals surface area contributed by atoms with Crippen LogP contribution < -0.4 is 0 Å². The van der Waals surface area contributed by atoms with Crippen molar-refractivity contribution in [2.24, 2.45) is 0 Å². The summed E-state index contributed by atoms with van der Waals surface area (Å²) in [5.74, 6) is 0. The lowest BCUT2D eigenvalue weighted by Crippen LogP contribution is -2.23. The van der Waals surface area contributed by atoms with Gasteiger partial charge in [0.15, 0.2) is 0 Å². The van der Waals surface area contributed by atoms with Gasteiger partial charge < -0.3 is 10.0 Å². The second kappa shape index (κ2) is 8.16. The number of benzene rings is 1. The molecule has 21 heavy (non-hydrogen) atoms. The first-order valence-electron chi connectivity index (χ1n) is 6.91. The average molecular weight is 344 g/mol. The SMILES string of the molecule is CN(CCc1cccs1)CCC(O)c1cccc(Cl)c1Cl. The van der Waals surface area contributed by atoms with Gasteiger partial charge >= 0.3 is 0 Å². The largest absolute Gasteiger partial charge is 0.388 e. The minimum Gasteiger partial charge on any atom is -0.388 e. The highest BCUT2D eigenvalue weighted by molar-refractivity contribution is 7.09. The molecular formula is C16H19Cl2NOS. The van der Waals surface area contributed by atoms with E-state index in [1.54, 1.807) is 17.4 Å². The van der Waals surface area contributed by atoms with Crippen LogP contribution in [0.4, 0.5) is 0 Å². The predicted octanol–water partition coefficient (Wildman–Crippen LogP) is 4.65. The van der Waals surface area contributed by atoms with Crippen molar-refractivity contribution in [1.82, 2.24) is 4.90 Å². The van der Waals surface area contributed by atoms with Crippen LogP contribution in [0.15, 0.2) is 35.7 Å². The van der Waals surface area contributed by atoms with Crippen molar-refractivity contribution in [3.8, 4) is 0 Å². The van der Waals surface area contributed by atoms with Gasteiger partial charge in [-0.2, -0.15) is 0 Å². The van der Waals surface area contributed by atoms with E-state index in [9.17, 15) is 5.11 Å². The van der Waals surface area contributed by atoms with Gasteiger partial charge in [0.2, 0.25) is 0 Å². The zero-order valence-corrected chi connectivity index (χ0v) is 14.3. The molecule has 1 heterocycles. The molecule has 1 aromatic carbocycles. The molecule has 0 saturated carbocycles. The summed E-state index contributed by atoms with van der Waals surface area (Å²) in [6.07, 6.45) is 1.10. The molecule has 0 bridgehead atoms. The summed E-state index contributed by atoms with van der Waals surface area (Å²) in [6, 6.07) is 9.59. The zero-order valence-electron chi connectivity index (χ0n) is 11.9. The maximum atomic E-state index is 10.3. The molecule has 0 amide bonds. The summed E-state index contributed by atoms with van der Waals surface area (Å²) in [5, 5.41) is 13.3. The molecule has 0 aliphatic heterocycles. The number of thiophene rings is 1. The van der Waals surface area contributed by atoms with Crippen molar-refractivity contribution < 1.29 is 5.11 Å². The van der Waals surface area contributed by atoms with Crippen LogP contribution in [0.1, 0.15) is 23.0 Å². The van der Waals surface area contributed by atoms with E-state index in [1.807, 2.05) is 12.1 Å². The van der Waals surface area contributed by atoms with Crippen LogP contribution in [0.3, 0.4) is 0 Å². The molecule has 0 spiro atoms. The minimum atomic E-state index is -0.583. The molecule has 0 radical (unpaired) electrons. The number of hydrogen-bond donors (Lipinski definition) is 1. The molecule has 1 N–H and O–H groups in total. The molecule has 0 aliphatic rings. The van der Waals surface area contributed by atoms with Crippen LogP contribution in [0, 0.1) is 0 Å². The molecule has 2 rings (SSSR count). The molecular weight excluding hydrogens is 325 g/mol. The van der Waals surface area contributed by atoms with E-state index in [-0.39, 0.29) is 0 Å². The highest BCUT2D eigenvalue weighted by Crippen LogP contribution is 2.31. The Morgan fingerprint density at radius 3 is 2.71 bits per heavy atom. The fourth-order valence-corrected chi connectivity index (χ4v) is 3.28. The van der Waals surface area contributed by atoms with Gasteiger partial charge in [-0.25, -0.2) is 0 Å². The second-order valence-electron chi connectivity index (χ2n) is 5.08. The lowest BCUT2D eigenvalue weighted by molar-refractivity contribution is 0.149. The van der Waals surface area contributed by atoms with Crippen molar-refractivity contribution in [1.29, 1.82) is 0 Å². The third kappa shape index (κ3) is 4.97. The van der Waals surface area contributed by atoms with Crippen LogP contribution in [0.2, 0.25) is 10.0 Å². The molecule has 5 heteroatoms. The summed E-state index contributed by atoms with van der Waals surface area (Å²) >= 11 is 13.9. The first kappa shape index (κ1) is 16.8. The number of halogens is 2. The fraction of sp³-hybridized carbons (Fsp3) is 0.375.